The van der Waals surface area contributed by atoms with Crippen molar-refractivity contribution in [2.75, 3.05) is 0 Å². The number of carbonyl (C=O) groups is 1. The van der Waals surface area contributed by atoms with Crippen molar-refractivity contribution in [1.29, 1.82) is 0 Å². The minimum atomic E-state index is -0.511. The highest BCUT2D eigenvalue weighted by Crippen LogP contribution is 2.30. The number of halogens is 2. The van der Waals surface area contributed by atoms with E-state index in [-0.39, 0.29) is 16.7 Å². The predicted octanol–water partition coefficient (Wildman–Crippen LogP) is 4.24. The average Bonchev–Trinajstić information content (AvgIpc) is 2.33. The summed E-state index contributed by atoms with van der Waals surface area (Å²) in [6.07, 6.45) is 5.19. The molecule has 2 rings (SSSR count). The minimum absolute atomic E-state index is 0.00389. The molecule has 1 aromatic carbocycles. The lowest BCUT2D eigenvalue weighted by atomic mass is 9.84. The Morgan fingerprint density at radius 3 is 2.62 bits per heavy atom. The van der Waals surface area contributed by atoms with Gasteiger partial charge in [0.1, 0.15) is 5.82 Å². The van der Waals surface area contributed by atoms with Crippen molar-refractivity contribution in [2.24, 2.45) is 5.92 Å². The number of carbonyl (C=O) groups excluding carboxylic acids is 1. The molecule has 0 amide bonds. The normalized spacial score (nSPS) is 17.4. The molecule has 1 nitrogen and oxygen atoms in total. The summed E-state index contributed by atoms with van der Waals surface area (Å²) >= 11 is 5.81. The van der Waals surface area contributed by atoms with Crippen LogP contribution >= 0.6 is 11.6 Å². The third-order valence-electron chi connectivity index (χ3n) is 3.19. The number of hydrogen-bond acceptors (Lipinski definition) is 1. The molecule has 3 heteroatoms. The van der Waals surface area contributed by atoms with Gasteiger partial charge in [-0.3, -0.25) is 4.79 Å². The maximum Gasteiger partial charge on any atom is 0.167 e. The van der Waals surface area contributed by atoms with E-state index in [1.54, 1.807) is 6.07 Å². The van der Waals surface area contributed by atoms with Gasteiger partial charge in [-0.05, 0) is 25.0 Å². The second-order valence-corrected chi connectivity index (χ2v) is 4.68. The Morgan fingerprint density at radius 2 is 1.94 bits per heavy atom. The molecule has 1 aliphatic carbocycles. The Balaban J connectivity index is 2.22. The number of rotatable bonds is 2. The standard InChI is InChI=1S/C13H14ClFO/c14-12-10(7-4-8-11(12)15)13(16)9-5-2-1-3-6-9/h4,7-9H,1-3,5-6H2. The van der Waals surface area contributed by atoms with Crippen LogP contribution in [-0.4, -0.2) is 5.78 Å². The number of ketones is 1. The predicted molar refractivity (Wildman–Crippen MR) is 62.3 cm³/mol. The molecule has 0 bridgehead atoms. The van der Waals surface area contributed by atoms with Crippen LogP contribution in [0.15, 0.2) is 18.2 Å². The fourth-order valence-corrected chi connectivity index (χ4v) is 2.50. The van der Waals surface area contributed by atoms with E-state index in [4.69, 9.17) is 11.6 Å². The highest BCUT2D eigenvalue weighted by atomic mass is 35.5. The highest BCUT2D eigenvalue weighted by molar-refractivity contribution is 6.34. The maximum absolute atomic E-state index is 13.2. The molecule has 16 heavy (non-hydrogen) atoms. The monoisotopic (exact) mass is 240 g/mol. The van der Waals surface area contributed by atoms with Gasteiger partial charge in [-0.15, -0.1) is 0 Å². The Morgan fingerprint density at radius 1 is 1.25 bits per heavy atom. The third kappa shape index (κ3) is 2.27. The lowest BCUT2D eigenvalue weighted by molar-refractivity contribution is 0.0889. The highest BCUT2D eigenvalue weighted by Gasteiger charge is 2.24. The zero-order chi connectivity index (χ0) is 11.5. The van der Waals surface area contributed by atoms with Crippen LogP contribution in [-0.2, 0) is 0 Å². The van der Waals surface area contributed by atoms with Gasteiger partial charge in [-0.2, -0.15) is 0 Å². The molecule has 1 aromatic rings. The zero-order valence-electron chi connectivity index (χ0n) is 9.01. The van der Waals surface area contributed by atoms with Crippen LogP contribution in [0.4, 0.5) is 4.39 Å². The van der Waals surface area contributed by atoms with Crippen LogP contribution in [0.25, 0.3) is 0 Å². The topological polar surface area (TPSA) is 17.1 Å². The van der Waals surface area contributed by atoms with Gasteiger partial charge in [0.15, 0.2) is 5.78 Å². The Labute approximate surface area is 99.6 Å². The average molecular weight is 241 g/mol. The molecule has 1 fully saturated rings. The summed E-state index contributed by atoms with van der Waals surface area (Å²) in [5, 5.41) is -0.0296. The second kappa shape index (κ2) is 4.96. The molecule has 0 atom stereocenters. The van der Waals surface area contributed by atoms with E-state index in [2.05, 4.69) is 0 Å². The van der Waals surface area contributed by atoms with Crippen molar-refractivity contribution >= 4 is 17.4 Å². The van der Waals surface area contributed by atoms with Crippen LogP contribution in [0.2, 0.25) is 5.02 Å². The molecular formula is C13H14ClFO. The van der Waals surface area contributed by atoms with E-state index < -0.39 is 5.82 Å². The number of benzene rings is 1. The third-order valence-corrected chi connectivity index (χ3v) is 3.58. The molecule has 0 N–H and O–H groups in total. The van der Waals surface area contributed by atoms with Crippen molar-refractivity contribution in [3.05, 3.63) is 34.6 Å². The molecule has 0 aliphatic heterocycles. The summed E-state index contributed by atoms with van der Waals surface area (Å²) in [5.74, 6) is -0.472. The van der Waals surface area contributed by atoms with E-state index in [9.17, 15) is 9.18 Å². The van der Waals surface area contributed by atoms with Gasteiger partial charge >= 0.3 is 0 Å². The zero-order valence-corrected chi connectivity index (χ0v) is 9.77. The lowest BCUT2D eigenvalue weighted by Crippen LogP contribution is -2.18. The molecule has 0 radical (unpaired) electrons. The van der Waals surface area contributed by atoms with Crippen molar-refractivity contribution in [3.63, 3.8) is 0 Å². The Kier molecular flexibility index (Phi) is 3.59. The second-order valence-electron chi connectivity index (χ2n) is 4.30. The molecule has 0 spiro atoms. The van der Waals surface area contributed by atoms with Gasteiger partial charge in [0.2, 0.25) is 0 Å². The summed E-state index contributed by atoms with van der Waals surface area (Å²) in [5.41, 5.74) is 0.341. The number of hydrogen-bond donors (Lipinski definition) is 0. The van der Waals surface area contributed by atoms with Crippen molar-refractivity contribution in [1.82, 2.24) is 0 Å². The summed E-state index contributed by atoms with van der Waals surface area (Å²) in [4.78, 5) is 12.1. The lowest BCUT2D eigenvalue weighted by Gasteiger charge is -2.20. The first-order valence-corrected chi connectivity index (χ1v) is 6.06. The summed E-state index contributed by atoms with van der Waals surface area (Å²) < 4.78 is 13.2. The van der Waals surface area contributed by atoms with Crippen LogP contribution in [0.3, 0.4) is 0 Å². The molecule has 0 aromatic heterocycles. The summed E-state index contributed by atoms with van der Waals surface area (Å²) in [6, 6.07) is 4.43. The quantitative estimate of drug-likeness (QED) is 0.707. The summed E-state index contributed by atoms with van der Waals surface area (Å²) in [6.45, 7) is 0. The Hall–Kier alpha value is -0.890. The van der Waals surface area contributed by atoms with Crippen molar-refractivity contribution < 1.29 is 9.18 Å². The van der Waals surface area contributed by atoms with Crippen LogP contribution < -0.4 is 0 Å². The molecule has 1 aliphatic rings. The van der Waals surface area contributed by atoms with E-state index in [1.165, 1.54) is 18.6 Å². The van der Waals surface area contributed by atoms with Gasteiger partial charge in [-0.1, -0.05) is 36.9 Å². The Bertz CT molecular complexity index is 397. The van der Waals surface area contributed by atoms with E-state index in [0.29, 0.717) is 5.56 Å². The van der Waals surface area contributed by atoms with E-state index in [0.717, 1.165) is 25.7 Å². The largest absolute Gasteiger partial charge is 0.294 e. The first-order valence-electron chi connectivity index (χ1n) is 5.68. The van der Waals surface area contributed by atoms with E-state index >= 15 is 0 Å². The fourth-order valence-electron chi connectivity index (χ4n) is 2.28. The molecular weight excluding hydrogens is 227 g/mol. The summed E-state index contributed by atoms with van der Waals surface area (Å²) in [7, 11) is 0. The van der Waals surface area contributed by atoms with Gasteiger partial charge in [0, 0.05) is 11.5 Å². The minimum Gasteiger partial charge on any atom is -0.294 e. The first kappa shape index (κ1) is 11.6. The van der Waals surface area contributed by atoms with Gasteiger partial charge in [0.25, 0.3) is 0 Å². The SMILES string of the molecule is O=C(c1cccc(F)c1Cl)C1CCCCC1. The van der Waals surface area contributed by atoms with Crippen LogP contribution in [0.5, 0.6) is 0 Å². The van der Waals surface area contributed by atoms with Crippen molar-refractivity contribution in [3.8, 4) is 0 Å². The molecule has 0 saturated heterocycles. The maximum atomic E-state index is 13.2. The van der Waals surface area contributed by atoms with Crippen LogP contribution in [0, 0.1) is 11.7 Å². The molecule has 0 unspecified atom stereocenters. The molecule has 1 saturated carbocycles. The molecule has 86 valence electrons. The van der Waals surface area contributed by atoms with Gasteiger partial charge in [0.05, 0.1) is 5.02 Å². The van der Waals surface area contributed by atoms with Crippen LogP contribution in [0.1, 0.15) is 42.5 Å². The fraction of sp³-hybridized carbons (Fsp3) is 0.462. The van der Waals surface area contributed by atoms with Crippen molar-refractivity contribution in [2.45, 2.75) is 32.1 Å². The molecule has 0 heterocycles. The van der Waals surface area contributed by atoms with Gasteiger partial charge < -0.3 is 0 Å². The number of Topliss-reactive ketones (excluding diaryl/α,β-unsaturated/α-hetero) is 1. The smallest absolute Gasteiger partial charge is 0.167 e. The first-order chi connectivity index (χ1) is 7.70. The van der Waals surface area contributed by atoms with Gasteiger partial charge in [-0.25, -0.2) is 4.39 Å². The van der Waals surface area contributed by atoms with E-state index in [1.807, 2.05) is 0 Å².